The third-order valence-corrected chi connectivity index (χ3v) is 3.59. The van der Waals surface area contributed by atoms with Gasteiger partial charge in [0.25, 0.3) is 0 Å². The lowest BCUT2D eigenvalue weighted by atomic mass is 10.0. The highest BCUT2D eigenvalue weighted by molar-refractivity contribution is 6.07. The van der Waals surface area contributed by atoms with Crippen LogP contribution in [0.1, 0.15) is 5.56 Å². The van der Waals surface area contributed by atoms with Crippen molar-refractivity contribution >= 4 is 21.5 Å². The SMILES string of the molecule is Cc1ccccc1.c1ccc2c(c1)ccc1ccccc12. The molecule has 4 aromatic carbocycles. The van der Waals surface area contributed by atoms with Crippen molar-refractivity contribution in [3.8, 4) is 0 Å². The van der Waals surface area contributed by atoms with Crippen molar-refractivity contribution in [2.24, 2.45) is 0 Å². The van der Waals surface area contributed by atoms with Crippen molar-refractivity contribution < 1.29 is 0 Å². The van der Waals surface area contributed by atoms with Gasteiger partial charge in [-0.2, -0.15) is 0 Å². The molecule has 0 nitrogen and oxygen atoms in total. The Morgan fingerprint density at radius 2 is 0.857 bits per heavy atom. The summed E-state index contributed by atoms with van der Waals surface area (Å²) >= 11 is 0. The molecule has 0 fully saturated rings. The van der Waals surface area contributed by atoms with Gasteiger partial charge in [0.05, 0.1) is 0 Å². The lowest BCUT2D eigenvalue weighted by Gasteiger charge is -2.02. The molecule has 4 aromatic rings. The van der Waals surface area contributed by atoms with E-state index >= 15 is 0 Å². The lowest BCUT2D eigenvalue weighted by molar-refractivity contribution is 1.48. The van der Waals surface area contributed by atoms with Gasteiger partial charge in [0, 0.05) is 0 Å². The molecule has 0 aromatic heterocycles. The average Bonchev–Trinajstić information content (AvgIpc) is 2.56. The smallest absolute Gasteiger partial charge is 0.0105 e. The molecule has 21 heavy (non-hydrogen) atoms. The van der Waals surface area contributed by atoms with Crippen LogP contribution in [0, 0.1) is 6.92 Å². The fourth-order valence-corrected chi connectivity index (χ4v) is 2.49. The molecule has 0 atom stereocenters. The van der Waals surface area contributed by atoms with Gasteiger partial charge in [-0.25, -0.2) is 0 Å². The topological polar surface area (TPSA) is 0 Å². The zero-order valence-electron chi connectivity index (χ0n) is 12.2. The minimum atomic E-state index is 1.31. The molecule has 0 saturated heterocycles. The maximum absolute atomic E-state index is 2.18. The summed E-state index contributed by atoms with van der Waals surface area (Å²) in [6.07, 6.45) is 0. The summed E-state index contributed by atoms with van der Waals surface area (Å²) in [6, 6.07) is 31.6. The van der Waals surface area contributed by atoms with Crippen LogP contribution in [0.4, 0.5) is 0 Å². The van der Waals surface area contributed by atoms with Crippen molar-refractivity contribution in [1.82, 2.24) is 0 Å². The Hall–Kier alpha value is -2.60. The van der Waals surface area contributed by atoms with Crippen molar-refractivity contribution in [2.75, 3.05) is 0 Å². The van der Waals surface area contributed by atoms with Crippen molar-refractivity contribution in [3.05, 3.63) is 96.6 Å². The lowest BCUT2D eigenvalue weighted by Crippen LogP contribution is -1.75. The summed E-state index contributed by atoms with van der Waals surface area (Å²) in [5, 5.41) is 5.30. The van der Waals surface area contributed by atoms with E-state index in [0.717, 1.165) is 0 Å². The van der Waals surface area contributed by atoms with E-state index in [-0.39, 0.29) is 0 Å². The van der Waals surface area contributed by atoms with Gasteiger partial charge in [-0.3, -0.25) is 0 Å². The van der Waals surface area contributed by atoms with E-state index in [1.807, 2.05) is 18.2 Å². The standard InChI is InChI=1S/C14H10.C7H8/c1-3-7-13-11(5-1)9-10-12-6-2-4-8-14(12)13;1-7-5-3-2-4-6-7/h1-10H;2-6H,1H3. The molecule has 0 saturated carbocycles. The summed E-state index contributed by atoms with van der Waals surface area (Å²) < 4.78 is 0. The third kappa shape index (κ3) is 3.11. The van der Waals surface area contributed by atoms with E-state index in [0.29, 0.717) is 0 Å². The second-order valence-electron chi connectivity index (χ2n) is 5.16. The van der Waals surface area contributed by atoms with Crippen LogP contribution in [0.2, 0.25) is 0 Å². The zero-order chi connectivity index (χ0) is 14.5. The van der Waals surface area contributed by atoms with Crippen LogP contribution >= 0.6 is 0 Å². The third-order valence-electron chi connectivity index (χ3n) is 3.59. The van der Waals surface area contributed by atoms with Crippen LogP contribution in [-0.2, 0) is 0 Å². The van der Waals surface area contributed by atoms with E-state index in [9.17, 15) is 0 Å². The van der Waals surface area contributed by atoms with Crippen molar-refractivity contribution in [3.63, 3.8) is 0 Å². The van der Waals surface area contributed by atoms with Gasteiger partial charge in [0.2, 0.25) is 0 Å². The van der Waals surface area contributed by atoms with Crippen LogP contribution in [0.5, 0.6) is 0 Å². The Labute approximate surface area is 125 Å². The molecule has 0 radical (unpaired) electrons. The minimum absolute atomic E-state index is 1.31. The maximum atomic E-state index is 2.18. The molecule has 0 bridgehead atoms. The normalized spacial score (nSPS) is 10.1. The van der Waals surface area contributed by atoms with E-state index in [1.165, 1.54) is 27.1 Å². The first-order valence-electron chi connectivity index (χ1n) is 7.23. The molecule has 0 spiro atoms. The molecule has 0 heterocycles. The predicted molar refractivity (Wildman–Crippen MR) is 92.6 cm³/mol. The van der Waals surface area contributed by atoms with Gasteiger partial charge >= 0.3 is 0 Å². The monoisotopic (exact) mass is 270 g/mol. The van der Waals surface area contributed by atoms with Gasteiger partial charge in [0.1, 0.15) is 0 Å². The summed E-state index contributed by atoms with van der Waals surface area (Å²) in [5.74, 6) is 0. The minimum Gasteiger partial charge on any atom is -0.0622 e. The molecule has 0 aliphatic heterocycles. The summed E-state index contributed by atoms with van der Waals surface area (Å²) in [7, 11) is 0. The van der Waals surface area contributed by atoms with Gasteiger partial charge in [-0.05, 0) is 28.5 Å². The Morgan fingerprint density at radius 1 is 0.429 bits per heavy atom. The molecule has 0 aliphatic carbocycles. The summed E-state index contributed by atoms with van der Waals surface area (Å²) in [5.41, 5.74) is 1.32. The van der Waals surface area contributed by atoms with Gasteiger partial charge in [0.15, 0.2) is 0 Å². The molecule has 0 amide bonds. The Bertz CT molecular complexity index is 790. The van der Waals surface area contributed by atoms with E-state index < -0.39 is 0 Å². The van der Waals surface area contributed by atoms with Crippen LogP contribution < -0.4 is 0 Å². The highest BCUT2D eigenvalue weighted by Crippen LogP contribution is 2.24. The molecule has 102 valence electrons. The molecular weight excluding hydrogens is 252 g/mol. The fourth-order valence-electron chi connectivity index (χ4n) is 2.49. The molecule has 0 unspecified atom stereocenters. The molecule has 0 aliphatic rings. The number of aryl methyl sites for hydroxylation is 1. The second-order valence-corrected chi connectivity index (χ2v) is 5.16. The van der Waals surface area contributed by atoms with Crippen LogP contribution in [0.3, 0.4) is 0 Å². The quantitative estimate of drug-likeness (QED) is 0.344. The first kappa shape index (κ1) is 13.4. The largest absolute Gasteiger partial charge is 0.0622 e. The first-order valence-corrected chi connectivity index (χ1v) is 7.23. The van der Waals surface area contributed by atoms with Gasteiger partial charge < -0.3 is 0 Å². The van der Waals surface area contributed by atoms with Crippen LogP contribution in [0.25, 0.3) is 21.5 Å². The Kier molecular flexibility index (Phi) is 3.97. The van der Waals surface area contributed by atoms with Crippen molar-refractivity contribution in [1.29, 1.82) is 0 Å². The number of fused-ring (bicyclic) bond motifs is 3. The number of rotatable bonds is 0. The van der Waals surface area contributed by atoms with E-state index in [4.69, 9.17) is 0 Å². The Morgan fingerprint density at radius 3 is 1.29 bits per heavy atom. The van der Waals surface area contributed by atoms with Crippen LogP contribution in [-0.4, -0.2) is 0 Å². The summed E-state index contributed by atoms with van der Waals surface area (Å²) in [6.45, 7) is 2.08. The molecule has 0 N–H and O–H groups in total. The highest BCUT2D eigenvalue weighted by Gasteiger charge is 1.97. The molecule has 4 rings (SSSR count). The van der Waals surface area contributed by atoms with Crippen LogP contribution in [0.15, 0.2) is 91.0 Å². The van der Waals surface area contributed by atoms with Gasteiger partial charge in [-0.15, -0.1) is 0 Å². The molecule has 0 heteroatoms. The van der Waals surface area contributed by atoms with E-state index in [2.05, 4.69) is 79.7 Å². The van der Waals surface area contributed by atoms with Crippen molar-refractivity contribution in [2.45, 2.75) is 6.92 Å². The fraction of sp³-hybridized carbons (Fsp3) is 0.0476. The number of benzene rings is 4. The zero-order valence-corrected chi connectivity index (χ0v) is 12.2. The average molecular weight is 270 g/mol. The number of hydrogen-bond acceptors (Lipinski definition) is 0. The molecular formula is C21H18. The highest BCUT2D eigenvalue weighted by atomic mass is 14.0. The predicted octanol–water partition coefficient (Wildman–Crippen LogP) is 5.99. The van der Waals surface area contributed by atoms with E-state index in [1.54, 1.807) is 0 Å². The Balaban J connectivity index is 0.000000160. The summed E-state index contributed by atoms with van der Waals surface area (Å²) in [4.78, 5) is 0. The second kappa shape index (κ2) is 6.23. The maximum Gasteiger partial charge on any atom is -0.0105 e. The number of hydrogen-bond donors (Lipinski definition) is 0. The first-order chi connectivity index (χ1) is 10.3. The van der Waals surface area contributed by atoms with Gasteiger partial charge in [-0.1, -0.05) is 96.6 Å².